The van der Waals surface area contributed by atoms with Gasteiger partial charge in [-0.3, -0.25) is 4.79 Å². The highest BCUT2D eigenvalue weighted by atomic mass is 32.2. The zero-order chi connectivity index (χ0) is 14.5. The summed E-state index contributed by atoms with van der Waals surface area (Å²) in [5.74, 6) is 1.23. The lowest BCUT2D eigenvalue weighted by molar-refractivity contribution is -0.131. The first kappa shape index (κ1) is 14.3. The fourth-order valence-electron chi connectivity index (χ4n) is 2.69. The van der Waals surface area contributed by atoms with E-state index in [1.54, 1.807) is 0 Å². The van der Waals surface area contributed by atoms with Gasteiger partial charge in [-0.2, -0.15) is 11.8 Å². The van der Waals surface area contributed by atoms with E-state index in [1.807, 2.05) is 45.8 Å². The molecule has 3 rings (SSSR count). The molecule has 21 heavy (non-hydrogen) atoms. The van der Waals surface area contributed by atoms with Crippen LogP contribution >= 0.6 is 11.8 Å². The summed E-state index contributed by atoms with van der Waals surface area (Å²) >= 11 is 1.97. The second kappa shape index (κ2) is 6.85. The van der Waals surface area contributed by atoms with Gasteiger partial charge in [-0.25, -0.2) is 0 Å². The highest BCUT2D eigenvalue weighted by Gasteiger charge is 2.21. The highest BCUT2D eigenvalue weighted by molar-refractivity contribution is 7.99. The predicted molar refractivity (Wildman–Crippen MR) is 87.3 cm³/mol. The number of amides is 1. The maximum atomic E-state index is 12.4. The first-order valence-electron chi connectivity index (χ1n) is 7.38. The lowest BCUT2D eigenvalue weighted by atomic mass is 10.1. The van der Waals surface area contributed by atoms with Crippen molar-refractivity contribution in [1.82, 2.24) is 9.47 Å². The van der Waals surface area contributed by atoms with E-state index in [0.717, 1.165) is 25.3 Å². The number of carbonyl (C=O) groups excluding carboxylic acids is 1. The van der Waals surface area contributed by atoms with Crippen LogP contribution in [0, 0.1) is 0 Å². The molecule has 0 radical (unpaired) electrons. The molecule has 1 aliphatic heterocycles. The molecule has 1 saturated heterocycles. The van der Waals surface area contributed by atoms with Crippen molar-refractivity contribution < 1.29 is 4.79 Å². The van der Waals surface area contributed by atoms with E-state index >= 15 is 0 Å². The van der Waals surface area contributed by atoms with Gasteiger partial charge in [0.2, 0.25) is 5.91 Å². The maximum Gasteiger partial charge on any atom is 0.242 e. The van der Waals surface area contributed by atoms with Crippen molar-refractivity contribution in [3.8, 4) is 0 Å². The molecule has 1 aliphatic rings. The number of benzene rings is 1. The standard InChI is InChI=1S/C17H20N2OS/c20-17(14-18-9-4-5-10-18)19-11-8-16(21-13-12-19)15-6-2-1-3-7-15/h1-7,9-10,16H,8,11-14H2. The van der Waals surface area contributed by atoms with E-state index in [2.05, 4.69) is 30.3 Å². The first-order valence-corrected chi connectivity index (χ1v) is 8.43. The topological polar surface area (TPSA) is 25.2 Å². The van der Waals surface area contributed by atoms with Crippen LogP contribution in [0.15, 0.2) is 54.9 Å². The van der Waals surface area contributed by atoms with Crippen LogP contribution in [0.1, 0.15) is 17.2 Å². The summed E-state index contributed by atoms with van der Waals surface area (Å²) in [7, 11) is 0. The summed E-state index contributed by atoms with van der Waals surface area (Å²) in [6.07, 6.45) is 4.92. The number of rotatable bonds is 3. The van der Waals surface area contributed by atoms with Crippen molar-refractivity contribution in [3.63, 3.8) is 0 Å². The van der Waals surface area contributed by atoms with Crippen LogP contribution in [0.3, 0.4) is 0 Å². The minimum atomic E-state index is 0.223. The molecular formula is C17H20N2OS. The molecule has 110 valence electrons. The Morgan fingerprint density at radius 3 is 2.62 bits per heavy atom. The zero-order valence-corrected chi connectivity index (χ0v) is 12.8. The Bertz CT molecular complexity index is 568. The summed E-state index contributed by atoms with van der Waals surface area (Å²) in [5.41, 5.74) is 1.38. The largest absolute Gasteiger partial charge is 0.345 e. The quantitative estimate of drug-likeness (QED) is 0.870. The van der Waals surface area contributed by atoms with E-state index < -0.39 is 0 Å². The van der Waals surface area contributed by atoms with Crippen molar-refractivity contribution >= 4 is 17.7 Å². The third kappa shape index (κ3) is 3.70. The Labute approximate surface area is 130 Å². The summed E-state index contributed by atoms with van der Waals surface area (Å²) < 4.78 is 1.94. The summed E-state index contributed by atoms with van der Waals surface area (Å²) in [6.45, 7) is 2.16. The first-order chi connectivity index (χ1) is 10.3. The number of thioether (sulfide) groups is 1. The second-order valence-corrected chi connectivity index (χ2v) is 6.61. The van der Waals surface area contributed by atoms with E-state index in [9.17, 15) is 4.79 Å². The van der Waals surface area contributed by atoms with Gasteiger partial charge in [-0.1, -0.05) is 30.3 Å². The van der Waals surface area contributed by atoms with Gasteiger partial charge in [0.1, 0.15) is 6.54 Å². The summed E-state index contributed by atoms with van der Waals surface area (Å²) in [4.78, 5) is 14.4. The number of nitrogens with zero attached hydrogens (tertiary/aromatic N) is 2. The minimum absolute atomic E-state index is 0.223. The van der Waals surface area contributed by atoms with Crippen LogP contribution < -0.4 is 0 Å². The number of hydrogen-bond donors (Lipinski definition) is 0. The number of aromatic nitrogens is 1. The van der Waals surface area contributed by atoms with E-state index in [-0.39, 0.29) is 5.91 Å². The van der Waals surface area contributed by atoms with Crippen LogP contribution in [0.2, 0.25) is 0 Å². The fourth-order valence-corrected chi connectivity index (χ4v) is 3.92. The average molecular weight is 300 g/mol. The van der Waals surface area contributed by atoms with Crippen LogP contribution in [0.4, 0.5) is 0 Å². The van der Waals surface area contributed by atoms with Crippen molar-refractivity contribution in [3.05, 3.63) is 60.4 Å². The summed E-state index contributed by atoms with van der Waals surface area (Å²) in [5, 5.41) is 0.510. The van der Waals surface area contributed by atoms with Gasteiger partial charge in [-0.05, 0) is 24.1 Å². The second-order valence-electron chi connectivity index (χ2n) is 5.29. The van der Waals surface area contributed by atoms with E-state index in [0.29, 0.717) is 11.8 Å². The van der Waals surface area contributed by atoms with Gasteiger partial charge in [-0.15, -0.1) is 0 Å². The van der Waals surface area contributed by atoms with Crippen molar-refractivity contribution in [2.24, 2.45) is 0 Å². The smallest absolute Gasteiger partial charge is 0.242 e. The van der Waals surface area contributed by atoms with E-state index in [1.165, 1.54) is 5.56 Å². The third-order valence-electron chi connectivity index (χ3n) is 3.85. The van der Waals surface area contributed by atoms with E-state index in [4.69, 9.17) is 0 Å². The van der Waals surface area contributed by atoms with Crippen LogP contribution in [0.5, 0.6) is 0 Å². The molecule has 3 nitrogen and oxygen atoms in total. The van der Waals surface area contributed by atoms with Crippen LogP contribution in [-0.2, 0) is 11.3 Å². The average Bonchev–Trinajstić information content (AvgIpc) is 2.89. The molecule has 1 atom stereocenters. The van der Waals surface area contributed by atoms with Gasteiger partial charge in [0.25, 0.3) is 0 Å². The fraction of sp³-hybridized carbons (Fsp3) is 0.353. The van der Waals surface area contributed by atoms with Gasteiger partial charge in [0.05, 0.1) is 0 Å². The van der Waals surface area contributed by atoms with Crippen LogP contribution in [-0.4, -0.2) is 34.2 Å². The Balaban J connectivity index is 1.59. The molecule has 1 amide bonds. The predicted octanol–water partition coefficient (Wildman–Crippen LogP) is 3.19. The SMILES string of the molecule is O=C(Cn1cccc1)N1CCSC(c2ccccc2)CC1. The lowest BCUT2D eigenvalue weighted by Gasteiger charge is -2.20. The molecule has 0 spiro atoms. The summed E-state index contributed by atoms with van der Waals surface area (Å²) in [6, 6.07) is 14.5. The van der Waals surface area contributed by atoms with Gasteiger partial charge in [0, 0.05) is 36.5 Å². The molecule has 1 aromatic heterocycles. The number of carbonyl (C=O) groups is 1. The number of hydrogen-bond acceptors (Lipinski definition) is 2. The van der Waals surface area contributed by atoms with Gasteiger partial charge >= 0.3 is 0 Å². The molecule has 4 heteroatoms. The molecule has 2 heterocycles. The lowest BCUT2D eigenvalue weighted by Crippen LogP contribution is -2.35. The molecule has 1 aromatic carbocycles. The molecule has 0 saturated carbocycles. The Morgan fingerprint density at radius 2 is 1.86 bits per heavy atom. The Morgan fingerprint density at radius 1 is 1.10 bits per heavy atom. The van der Waals surface area contributed by atoms with Crippen LogP contribution in [0.25, 0.3) is 0 Å². The molecule has 0 aliphatic carbocycles. The third-order valence-corrected chi connectivity index (χ3v) is 5.18. The molecule has 1 fully saturated rings. The maximum absolute atomic E-state index is 12.4. The molecule has 2 aromatic rings. The Hall–Kier alpha value is -1.68. The minimum Gasteiger partial charge on any atom is -0.345 e. The molecular weight excluding hydrogens is 280 g/mol. The Kier molecular flexibility index (Phi) is 4.65. The zero-order valence-electron chi connectivity index (χ0n) is 12.0. The molecule has 0 bridgehead atoms. The van der Waals surface area contributed by atoms with Crippen molar-refractivity contribution in [1.29, 1.82) is 0 Å². The van der Waals surface area contributed by atoms with Crippen molar-refractivity contribution in [2.75, 3.05) is 18.8 Å². The van der Waals surface area contributed by atoms with Crippen molar-refractivity contribution in [2.45, 2.75) is 18.2 Å². The van der Waals surface area contributed by atoms with Gasteiger partial charge < -0.3 is 9.47 Å². The normalized spacial score (nSPS) is 19.2. The monoisotopic (exact) mass is 300 g/mol. The molecule has 0 N–H and O–H groups in total. The highest BCUT2D eigenvalue weighted by Crippen LogP contribution is 2.34. The molecule has 1 unspecified atom stereocenters. The van der Waals surface area contributed by atoms with Gasteiger partial charge in [0.15, 0.2) is 0 Å².